The second kappa shape index (κ2) is 7.05. The zero-order valence-corrected chi connectivity index (χ0v) is 17.0. The zero-order valence-electron chi connectivity index (χ0n) is 17.0. The molecule has 0 amide bonds. The highest BCUT2D eigenvalue weighted by atomic mass is 16.6. The number of nitrogens with zero attached hydrogens (tertiary/aromatic N) is 1. The van der Waals surface area contributed by atoms with Crippen molar-refractivity contribution in [2.75, 3.05) is 5.73 Å². The predicted molar refractivity (Wildman–Crippen MR) is 103 cm³/mol. The maximum atomic E-state index is 12.3. The van der Waals surface area contributed by atoms with E-state index in [4.69, 9.17) is 10.5 Å². The molecule has 1 heterocycles. The molecule has 0 spiro atoms. The molecule has 2 rings (SSSR count). The lowest BCUT2D eigenvalue weighted by Crippen LogP contribution is -2.44. The summed E-state index contributed by atoms with van der Waals surface area (Å²) in [6, 6.07) is 3.46. The van der Waals surface area contributed by atoms with Crippen molar-refractivity contribution in [1.29, 1.82) is 0 Å². The van der Waals surface area contributed by atoms with E-state index in [1.165, 1.54) is 4.57 Å². The van der Waals surface area contributed by atoms with Crippen molar-refractivity contribution in [3.8, 4) is 0 Å². The lowest BCUT2D eigenvalue weighted by atomic mass is 9.56. The fourth-order valence-electron chi connectivity index (χ4n) is 5.32. The number of aromatic nitrogens is 1. The highest BCUT2D eigenvalue weighted by molar-refractivity contribution is 5.74. The van der Waals surface area contributed by atoms with Crippen LogP contribution >= 0.6 is 0 Å². The summed E-state index contributed by atoms with van der Waals surface area (Å²) in [4.78, 5) is 12.3. The first-order chi connectivity index (χ1) is 11.4. The van der Waals surface area contributed by atoms with Crippen LogP contribution in [-0.4, -0.2) is 16.8 Å². The molecule has 25 heavy (non-hydrogen) atoms. The third-order valence-corrected chi connectivity index (χ3v) is 5.73. The Labute approximate surface area is 153 Å². The SMILES string of the molecule is CC1CC(OC(=O)n2cccc2N)CCC1C(C(C)(C)C)C(C)(C)C. The Hall–Kier alpha value is -1.45. The Morgan fingerprint density at radius 2 is 1.80 bits per heavy atom. The van der Waals surface area contributed by atoms with Gasteiger partial charge in [-0.1, -0.05) is 48.5 Å². The minimum Gasteiger partial charge on any atom is -0.446 e. The third kappa shape index (κ3) is 4.59. The van der Waals surface area contributed by atoms with Gasteiger partial charge in [-0.3, -0.25) is 0 Å². The minimum absolute atomic E-state index is 0.0128. The molecule has 0 aromatic carbocycles. The van der Waals surface area contributed by atoms with E-state index in [-0.39, 0.29) is 23.0 Å². The van der Waals surface area contributed by atoms with Crippen LogP contribution in [0.25, 0.3) is 0 Å². The largest absolute Gasteiger partial charge is 0.446 e. The van der Waals surface area contributed by atoms with Gasteiger partial charge in [-0.15, -0.1) is 0 Å². The van der Waals surface area contributed by atoms with Crippen molar-refractivity contribution >= 4 is 11.9 Å². The maximum Gasteiger partial charge on any atom is 0.419 e. The first-order valence-corrected chi connectivity index (χ1v) is 9.55. The standard InChI is InChI=1S/C21H36N2O2/c1-14-13-15(25-19(24)23-12-8-9-17(23)22)10-11-16(14)18(20(2,3)4)21(5,6)7/h8-9,12,14-16,18H,10-11,13,22H2,1-7H3. The highest BCUT2D eigenvalue weighted by Crippen LogP contribution is 2.51. The van der Waals surface area contributed by atoms with Gasteiger partial charge < -0.3 is 10.5 Å². The molecule has 1 aromatic rings. The van der Waals surface area contributed by atoms with Gasteiger partial charge in [0.1, 0.15) is 11.9 Å². The summed E-state index contributed by atoms with van der Waals surface area (Å²) in [5.41, 5.74) is 6.32. The van der Waals surface area contributed by atoms with Gasteiger partial charge in [0.25, 0.3) is 0 Å². The summed E-state index contributed by atoms with van der Waals surface area (Å²) in [5, 5.41) is 0. The lowest BCUT2D eigenvalue weighted by molar-refractivity contribution is -0.0316. The summed E-state index contributed by atoms with van der Waals surface area (Å²) in [6.07, 6.45) is 4.26. The summed E-state index contributed by atoms with van der Waals surface area (Å²) in [6.45, 7) is 16.5. The number of carbonyl (C=O) groups is 1. The minimum atomic E-state index is -0.360. The van der Waals surface area contributed by atoms with E-state index in [1.807, 2.05) is 0 Å². The number of anilines is 1. The molecule has 2 N–H and O–H groups in total. The van der Waals surface area contributed by atoms with Crippen LogP contribution in [0.2, 0.25) is 0 Å². The molecule has 4 nitrogen and oxygen atoms in total. The van der Waals surface area contributed by atoms with Gasteiger partial charge in [0.2, 0.25) is 0 Å². The fourth-order valence-corrected chi connectivity index (χ4v) is 5.32. The quantitative estimate of drug-likeness (QED) is 0.760. The first-order valence-electron chi connectivity index (χ1n) is 9.55. The summed E-state index contributed by atoms with van der Waals surface area (Å²) in [5.74, 6) is 2.25. The van der Waals surface area contributed by atoms with Gasteiger partial charge >= 0.3 is 6.09 Å². The van der Waals surface area contributed by atoms with Gasteiger partial charge in [0.15, 0.2) is 0 Å². The van der Waals surface area contributed by atoms with Crippen LogP contribution < -0.4 is 5.73 Å². The van der Waals surface area contributed by atoms with Crippen LogP contribution in [0.1, 0.15) is 67.7 Å². The molecule has 3 unspecified atom stereocenters. The number of rotatable bonds is 2. The number of ether oxygens (including phenoxy) is 1. The molecule has 1 fully saturated rings. The molecule has 0 saturated heterocycles. The molecule has 1 aromatic heterocycles. The van der Waals surface area contributed by atoms with Gasteiger partial charge in [-0.2, -0.15) is 0 Å². The zero-order chi connectivity index (χ0) is 19.0. The average molecular weight is 349 g/mol. The molecule has 0 bridgehead atoms. The molecule has 1 aliphatic carbocycles. The van der Waals surface area contributed by atoms with E-state index >= 15 is 0 Å². The van der Waals surface area contributed by atoms with Gasteiger partial charge in [0, 0.05) is 6.20 Å². The predicted octanol–water partition coefficient (Wildman–Crippen LogP) is 5.57. The monoisotopic (exact) mass is 348 g/mol. The lowest BCUT2D eigenvalue weighted by Gasteiger charge is -2.50. The topological polar surface area (TPSA) is 57.2 Å². The van der Waals surface area contributed by atoms with Crippen molar-refractivity contribution < 1.29 is 9.53 Å². The van der Waals surface area contributed by atoms with Crippen LogP contribution in [0.3, 0.4) is 0 Å². The summed E-state index contributed by atoms with van der Waals surface area (Å²) < 4.78 is 7.11. The summed E-state index contributed by atoms with van der Waals surface area (Å²) in [7, 11) is 0. The van der Waals surface area contributed by atoms with E-state index < -0.39 is 0 Å². The Kier molecular flexibility index (Phi) is 5.60. The normalized spacial score (nSPS) is 25.2. The van der Waals surface area contributed by atoms with Crippen molar-refractivity contribution in [1.82, 2.24) is 4.57 Å². The number of nitrogen functional groups attached to an aromatic ring is 1. The van der Waals surface area contributed by atoms with Crippen LogP contribution in [0.15, 0.2) is 18.3 Å². The Morgan fingerprint density at radius 1 is 1.20 bits per heavy atom. The number of carbonyl (C=O) groups excluding carboxylic acids is 1. The number of hydrogen-bond donors (Lipinski definition) is 1. The molecule has 4 heteroatoms. The average Bonchev–Trinajstić information content (AvgIpc) is 2.85. The second-order valence-corrected chi connectivity index (χ2v) is 9.97. The molecular weight excluding hydrogens is 312 g/mol. The van der Waals surface area contributed by atoms with E-state index in [0.717, 1.165) is 19.3 Å². The van der Waals surface area contributed by atoms with Crippen molar-refractivity contribution in [3.05, 3.63) is 18.3 Å². The van der Waals surface area contributed by atoms with E-state index in [9.17, 15) is 4.79 Å². The van der Waals surface area contributed by atoms with Gasteiger partial charge in [-0.25, -0.2) is 9.36 Å². The smallest absolute Gasteiger partial charge is 0.419 e. The molecule has 1 aliphatic rings. The summed E-state index contributed by atoms with van der Waals surface area (Å²) >= 11 is 0. The first kappa shape index (κ1) is 19.9. The van der Waals surface area contributed by atoms with Crippen molar-refractivity contribution in [3.63, 3.8) is 0 Å². The Balaban J connectivity index is 2.04. The Morgan fingerprint density at radius 3 is 2.24 bits per heavy atom. The van der Waals surface area contributed by atoms with Crippen molar-refractivity contribution in [2.45, 2.75) is 73.8 Å². The van der Waals surface area contributed by atoms with Crippen LogP contribution in [0, 0.1) is 28.6 Å². The molecule has 3 atom stereocenters. The molecular formula is C21H36N2O2. The molecule has 142 valence electrons. The van der Waals surface area contributed by atoms with E-state index in [1.54, 1.807) is 18.3 Å². The highest BCUT2D eigenvalue weighted by Gasteiger charge is 2.44. The van der Waals surface area contributed by atoms with Crippen molar-refractivity contribution in [2.24, 2.45) is 28.6 Å². The number of hydrogen-bond acceptors (Lipinski definition) is 3. The van der Waals surface area contributed by atoms with E-state index in [2.05, 4.69) is 48.5 Å². The van der Waals surface area contributed by atoms with Crippen LogP contribution in [0.4, 0.5) is 10.6 Å². The third-order valence-electron chi connectivity index (χ3n) is 5.73. The van der Waals surface area contributed by atoms with Gasteiger partial charge in [-0.05, 0) is 60.0 Å². The molecule has 1 saturated carbocycles. The van der Waals surface area contributed by atoms with E-state index in [0.29, 0.717) is 23.6 Å². The van der Waals surface area contributed by atoms with Gasteiger partial charge in [0.05, 0.1) is 0 Å². The molecule has 0 aliphatic heterocycles. The Bertz CT molecular complexity index is 578. The maximum absolute atomic E-state index is 12.3. The second-order valence-electron chi connectivity index (χ2n) is 9.97. The van der Waals surface area contributed by atoms with Crippen LogP contribution in [-0.2, 0) is 4.74 Å². The van der Waals surface area contributed by atoms with Crippen LogP contribution in [0.5, 0.6) is 0 Å². The number of nitrogens with two attached hydrogens (primary N) is 1. The molecule has 0 radical (unpaired) electrons. The fraction of sp³-hybridized carbons (Fsp3) is 0.762.